The molecule has 5 aromatic carbocycles. The molecule has 8 atom stereocenters. The van der Waals surface area contributed by atoms with Crippen molar-refractivity contribution in [1.29, 1.82) is 0 Å². The number of nitrogens with two attached hydrogens (primary N) is 1. The number of amides is 7. The van der Waals surface area contributed by atoms with E-state index in [9.17, 15) is 38.4 Å². The van der Waals surface area contributed by atoms with Crippen molar-refractivity contribution in [3.05, 3.63) is 168 Å². The summed E-state index contributed by atoms with van der Waals surface area (Å²) in [5.74, 6) is -4.59. The second-order valence-corrected chi connectivity index (χ2v) is 30.2. The van der Waals surface area contributed by atoms with Crippen LogP contribution in [0.3, 0.4) is 0 Å². The number of carbonyl (C=O) groups excluding carboxylic acids is 8. The van der Waals surface area contributed by atoms with E-state index in [1.54, 1.807) is 61.5 Å². The van der Waals surface area contributed by atoms with Crippen molar-refractivity contribution in [3.8, 4) is 0 Å². The number of hydrogen-bond acceptors (Lipinski definition) is 14. The molecule has 7 rings (SSSR count). The maximum atomic E-state index is 14.5. The van der Waals surface area contributed by atoms with Gasteiger partial charge in [0, 0.05) is 25.0 Å². The molecule has 10 N–H and O–H groups in total. The van der Waals surface area contributed by atoms with Crippen LogP contribution < -0.4 is 58.6 Å². The number of nitrogens with zero attached hydrogens (tertiary/aromatic N) is 1. The summed E-state index contributed by atoms with van der Waals surface area (Å²) in [6.07, 6.45) is 0.183. The molecule has 0 fully saturated rings. The lowest BCUT2D eigenvalue weighted by atomic mass is 10.0. The zero-order chi connectivity index (χ0) is 66.2. The Labute approximate surface area is 545 Å². The SMILES string of the molecule is CC(C)C[C@H](NC(=O)[C@@H](NC(=O)[C@H](C)NC(=O)CNC(=O)CSC[C@@H]1CC[N+]2=C(N[C@H](CO[Si](c3ccccc3)(c3ccccc3)C(C)(C)C)CC2)N1)[C@@H](C)OCc1ccccc1)C(=O)N[C@@H](CC(N)=O)C(=O)N[C@@H](Cc1ccccc1)C(=O)OCc1ccccc1. The minimum atomic E-state index is -2.73. The molecule has 0 aromatic heterocycles. The molecule has 2 aliphatic heterocycles. The molecular formula is C69H91N10O11SSi+. The fraction of sp³-hybridized carbons (Fsp3) is 0.435. The highest BCUT2D eigenvalue weighted by molar-refractivity contribution is 8.00. The van der Waals surface area contributed by atoms with Crippen LogP contribution in [0.5, 0.6) is 0 Å². The van der Waals surface area contributed by atoms with Gasteiger partial charge in [-0.1, -0.05) is 186 Å². The quantitative estimate of drug-likeness (QED) is 0.0165. The molecule has 5 aromatic rings. The van der Waals surface area contributed by atoms with Crippen molar-refractivity contribution >= 4 is 83.7 Å². The Kier molecular flexibility index (Phi) is 26.9. The van der Waals surface area contributed by atoms with Gasteiger partial charge in [0.1, 0.15) is 36.8 Å². The molecule has 0 bridgehead atoms. The first kappa shape index (κ1) is 71.1. The van der Waals surface area contributed by atoms with Gasteiger partial charge in [0.05, 0.1) is 63.2 Å². The molecule has 492 valence electrons. The highest BCUT2D eigenvalue weighted by Gasteiger charge is 2.51. The van der Waals surface area contributed by atoms with Gasteiger partial charge in [0.2, 0.25) is 41.4 Å². The van der Waals surface area contributed by atoms with Crippen molar-refractivity contribution in [3.63, 3.8) is 0 Å². The van der Waals surface area contributed by atoms with Crippen LogP contribution in [0, 0.1) is 5.92 Å². The van der Waals surface area contributed by atoms with Crippen LogP contribution in [0.1, 0.15) is 90.8 Å². The van der Waals surface area contributed by atoms with Gasteiger partial charge in [-0.3, -0.25) is 48.8 Å². The summed E-state index contributed by atoms with van der Waals surface area (Å²) >= 11 is 1.45. The molecule has 0 spiro atoms. The van der Waals surface area contributed by atoms with Crippen LogP contribution in [0.4, 0.5) is 0 Å². The first-order valence-corrected chi connectivity index (χ1v) is 34.6. The normalized spacial score (nSPS) is 16.7. The van der Waals surface area contributed by atoms with Crippen LogP contribution in [0.25, 0.3) is 0 Å². The summed E-state index contributed by atoms with van der Waals surface area (Å²) in [5, 5.41) is 25.6. The van der Waals surface area contributed by atoms with E-state index in [4.69, 9.17) is 19.6 Å². The van der Waals surface area contributed by atoms with Crippen LogP contribution in [-0.2, 0) is 71.9 Å². The van der Waals surface area contributed by atoms with Gasteiger partial charge in [-0.15, -0.1) is 11.8 Å². The van der Waals surface area contributed by atoms with Crippen molar-refractivity contribution < 1.29 is 56.8 Å². The molecule has 23 heteroatoms. The number of thioether (sulfide) groups is 1. The molecule has 7 amide bonds. The summed E-state index contributed by atoms with van der Waals surface area (Å²) in [6, 6.07) is 41.6. The van der Waals surface area contributed by atoms with Gasteiger partial charge in [-0.25, -0.2) is 4.79 Å². The monoisotopic (exact) mass is 1300 g/mol. The van der Waals surface area contributed by atoms with Gasteiger partial charge < -0.3 is 51.5 Å². The first-order chi connectivity index (χ1) is 44.1. The van der Waals surface area contributed by atoms with E-state index >= 15 is 0 Å². The smallest absolute Gasteiger partial charge is 0.346 e. The molecular weight excluding hydrogens is 1200 g/mol. The number of esters is 1. The summed E-state index contributed by atoms with van der Waals surface area (Å²) in [7, 11) is -2.73. The average Bonchev–Trinajstić information content (AvgIpc) is 0.751. The van der Waals surface area contributed by atoms with Crippen LogP contribution in [0.15, 0.2) is 152 Å². The fourth-order valence-corrected chi connectivity index (χ4v) is 16.7. The Morgan fingerprint density at radius 2 is 1.12 bits per heavy atom. The average molecular weight is 1300 g/mol. The summed E-state index contributed by atoms with van der Waals surface area (Å²) in [5.41, 5.74) is 7.79. The predicted molar refractivity (Wildman–Crippen MR) is 358 cm³/mol. The van der Waals surface area contributed by atoms with E-state index in [0.717, 1.165) is 37.5 Å². The van der Waals surface area contributed by atoms with E-state index in [1.165, 1.54) is 29.1 Å². The number of nitrogens with one attached hydrogen (secondary N) is 8. The summed E-state index contributed by atoms with van der Waals surface area (Å²) < 4.78 is 21.3. The van der Waals surface area contributed by atoms with Crippen LogP contribution in [0.2, 0.25) is 5.04 Å². The lowest BCUT2D eigenvalue weighted by Crippen LogP contribution is -2.68. The molecule has 0 unspecified atom stereocenters. The van der Waals surface area contributed by atoms with Gasteiger partial charge in [0.25, 0.3) is 8.32 Å². The summed E-state index contributed by atoms with van der Waals surface area (Å²) in [6.45, 7) is 15.3. The Balaban J connectivity index is 0.912. The lowest BCUT2D eigenvalue weighted by molar-refractivity contribution is -0.542. The highest BCUT2D eigenvalue weighted by Crippen LogP contribution is 2.37. The fourth-order valence-electron chi connectivity index (χ4n) is 11.2. The Morgan fingerprint density at radius 1 is 0.609 bits per heavy atom. The molecule has 92 heavy (non-hydrogen) atoms. The minimum absolute atomic E-state index is 0.0156. The second kappa shape index (κ2) is 34.9. The molecule has 0 radical (unpaired) electrons. The zero-order valence-corrected chi connectivity index (χ0v) is 55.6. The van der Waals surface area contributed by atoms with Gasteiger partial charge in [0.15, 0.2) is 0 Å². The van der Waals surface area contributed by atoms with Crippen molar-refractivity contribution in [2.45, 2.75) is 147 Å². The number of ether oxygens (including phenoxy) is 2. The summed E-state index contributed by atoms with van der Waals surface area (Å²) in [4.78, 5) is 109. The maximum absolute atomic E-state index is 14.5. The van der Waals surface area contributed by atoms with E-state index < -0.39 is 99.0 Å². The minimum Gasteiger partial charge on any atom is -0.459 e. The molecule has 0 saturated heterocycles. The standard InChI is InChI=1S/C69H90N10O11SSi/c1-46(2)37-56(64(84)75-57(39-59(70)80)65(85)77-58(38-49-23-13-8-14-24-49)67(87)89-42-51-27-17-10-18-28-51)76-66(86)62(48(4)88-41-50-25-15-9-16-26-50)78-63(83)47(3)72-60(81)40-71-61(82)45-91-44-53-34-36-79-35-33-52(73-68(79)74-53)43-90-92(69(5,6)7,54-29-19-11-20-30-54)55-31-21-12-22-32-55/h8-32,46-48,52-53,56-58,62H,33-45H2,1-7H3,(H9,70,71,72,73,74,75,76,77,78,80,81,82,83,84,85,86)/p+1/t47-,48+,52-,53-,56-,57-,58-,62-/m0/s1. The van der Waals surface area contributed by atoms with Crippen molar-refractivity contribution in [2.24, 2.45) is 11.7 Å². The molecule has 2 heterocycles. The number of primary amides is 1. The van der Waals surface area contributed by atoms with E-state index in [-0.39, 0.29) is 60.8 Å². The van der Waals surface area contributed by atoms with Gasteiger partial charge >= 0.3 is 11.9 Å². The number of carbonyl (C=O) groups is 8. The van der Waals surface area contributed by atoms with Gasteiger partial charge in [-0.2, -0.15) is 0 Å². The van der Waals surface area contributed by atoms with Crippen molar-refractivity contribution in [1.82, 2.24) is 42.5 Å². The predicted octanol–water partition coefficient (Wildman–Crippen LogP) is 3.46. The van der Waals surface area contributed by atoms with E-state index in [1.807, 2.05) is 62.4 Å². The number of rotatable bonds is 33. The maximum Gasteiger partial charge on any atom is 0.346 e. The van der Waals surface area contributed by atoms with Crippen molar-refractivity contribution in [2.75, 3.05) is 37.7 Å². The third kappa shape index (κ3) is 21.4. The second-order valence-electron chi connectivity index (χ2n) is 24.9. The van der Waals surface area contributed by atoms with Crippen LogP contribution >= 0.6 is 11.8 Å². The topological polar surface area (TPSA) is 290 Å². The highest BCUT2D eigenvalue weighted by atomic mass is 32.2. The number of benzene rings is 5. The van der Waals surface area contributed by atoms with Crippen LogP contribution in [-0.4, -0.2) is 152 Å². The Hall–Kier alpha value is -8.38. The third-order valence-electron chi connectivity index (χ3n) is 16.1. The van der Waals surface area contributed by atoms with E-state index in [2.05, 4.69) is 116 Å². The molecule has 2 aliphatic rings. The third-order valence-corrected chi connectivity index (χ3v) is 22.2. The zero-order valence-electron chi connectivity index (χ0n) is 53.7. The molecule has 0 saturated carbocycles. The Morgan fingerprint density at radius 3 is 1.68 bits per heavy atom. The first-order valence-electron chi connectivity index (χ1n) is 31.5. The van der Waals surface area contributed by atoms with E-state index in [0.29, 0.717) is 23.5 Å². The largest absolute Gasteiger partial charge is 0.459 e. The molecule has 0 aliphatic carbocycles. The molecule has 21 nitrogen and oxygen atoms in total. The Bertz CT molecular complexity index is 3240. The number of hydrogen-bond donors (Lipinski definition) is 9. The lowest BCUT2D eigenvalue weighted by Gasteiger charge is -2.44. The number of guanidine groups is 1. The van der Waals surface area contributed by atoms with Gasteiger partial charge in [-0.05, 0) is 58.3 Å².